The molecule has 0 saturated carbocycles. The molecule has 1 amide bonds. The van der Waals surface area contributed by atoms with Gasteiger partial charge in [0.1, 0.15) is 0 Å². The molecule has 1 aromatic rings. The molecule has 2 atom stereocenters. The van der Waals surface area contributed by atoms with Crippen molar-refractivity contribution in [2.75, 3.05) is 13.3 Å². The summed E-state index contributed by atoms with van der Waals surface area (Å²) in [6.07, 6.45) is 2.02. The van der Waals surface area contributed by atoms with Crippen molar-refractivity contribution in [3.05, 3.63) is 23.8 Å². The molecule has 0 aliphatic carbocycles. The Labute approximate surface area is 118 Å². The van der Waals surface area contributed by atoms with Crippen LogP contribution in [0, 0.1) is 5.92 Å². The van der Waals surface area contributed by atoms with Gasteiger partial charge < -0.3 is 20.1 Å². The van der Waals surface area contributed by atoms with Crippen molar-refractivity contribution in [1.82, 2.24) is 10.6 Å². The van der Waals surface area contributed by atoms with Crippen LogP contribution >= 0.6 is 0 Å². The number of carbonyl (C=O) groups excluding carboxylic acids is 1. The topological polar surface area (TPSA) is 59.6 Å². The molecule has 1 aromatic carbocycles. The van der Waals surface area contributed by atoms with Crippen molar-refractivity contribution in [1.29, 1.82) is 0 Å². The predicted octanol–water partition coefficient (Wildman–Crippen LogP) is 1.42. The van der Waals surface area contributed by atoms with Crippen LogP contribution in [-0.2, 0) is 11.3 Å². The Morgan fingerprint density at radius 1 is 1.35 bits per heavy atom. The zero-order valence-electron chi connectivity index (χ0n) is 11.6. The molecule has 2 unspecified atom stereocenters. The molecule has 20 heavy (non-hydrogen) atoms. The lowest BCUT2D eigenvalue weighted by molar-refractivity contribution is -0.125. The molecular formula is C15H20N2O3. The lowest BCUT2D eigenvalue weighted by Crippen LogP contribution is -2.43. The van der Waals surface area contributed by atoms with E-state index in [0.717, 1.165) is 36.4 Å². The summed E-state index contributed by atoms with van der Waals surface area (Å²) < 4.78 is 10.6. The van der Waals surface area contributed by atoms with E-state index in [1.54, 1.807) is 0 Å². The third-order valence-corrected chi connectivity index (χ3v) is 3.94. The molecular weight excluding hydrogens is 256 g/mol. The van der Waals surface area contributed by atoms with Crippen molar-refractivity contribution in [2.45, 2.75) is 32.4 Å². The Balaban J connectivity index is 1.53. The normalized spacial score (nSPS) is 24.4. The third kappa shape index (κ3) is 2.88. The number of hydrogen-bond acceptors (Lipinski definition) is 4. The number of ether oxygens (including phenoxy) is 2. The molecule has 5 heteroatoms. The van der Waals surface area contributed by atoms with Crippen LogP contribution < -0.4 is 20.1 Å². The first-order valence-corrected chi connectivity index (χ1v) is 7.12. The van der Waals surface area contributed by atoms with Gasteiger partial charge in [-0.05, 0) is 37.5 Å². The van der Waals surface area contributed by atoms with Crippen molar-refractivity contribution in [3.8, 4) is 11.5 Å². The third-order valence-electron chi connectivity index (χ3n) is 3.94. The van der Waals surface area contributed by atoms with Crippen LogP contribution in [-0.4, -0.2) is 25.3 Å². The fourth-order valence-corrected chi connectivity index (χ4v) is 2.61. The Morgan fingerprint density at radius 3 is 3.00 bits per heavy atom. The number of hydrogen-bond donors (Lipinski definition) is 2. The number of rotatable bonds is 3. The van der Waals surface area contributed by atoms with E-state index in [2.05, 4.69) is 17.6 Å². The second-order valence-corrected chi connectivity index (χ2v) is 5.49. The van der Waals surface area contributed by atoms with Gasteiger partial charge >= 0.3 is 0 Å². The molecule has 0 bridgehead atoms. The Morgan fingerprint density at radius 2 is 2.20 bits per heavy atom. The van der Waals surface area contributed by atoms with Crippen LogP contribution in [0.15, 0.2) is 18.2 Å². The fourth-order valence-electron chi connectivity index (χ4n) is 2.61. The van der Waals surface area contributed by atoms with E-state index in [1.807, 2.05) is 18.2 Å². The summed E-state index contributed by atoms with van der Waals surface area (Å²) in [5.74, 6) is 1.73. The standard InChI is InChI=1S/C15H20N2O3/c1-10-2-4-12(8-16-10)15(18)17-7-11-3-5-13-14(6-11)20-9-19-13/h3,5-6,10,12,16H,2,4,7-9H2,1H3,(H,17,18). The van der Waals surface area contributed by atoms with E-state index in [4.69, 9.17) is 9.47 Å². The molecule has 5 nitrogen and oxygen atoms in total. The molecule has 2 aliphatic rings. The van der Waals surface area contributed by atoms with Crippen molar-refractivity contribution < 1.29 is 14.3 Å². The summed E-state index contributed by atoms with van der Waals surface area (Å²) in [7, 11) is 0. The smallest absolute Gasteiger partial charge is 0.231 e. The first kappa shape index (κ1) is 13.2. The molecule has 2 heterocycles. The molecule has 3 rings (SSSR count). The highest BCUT2D eigenvalue weighted by Crippen LogP contribution is 2.32. The van der Waals surface area contributed by atoms with Gasteiger partial charge in [0, 0.05) is 19.1 Å². The van der Waals surface area contributed by atoms with Gasteiger partial charge in [-0.15, -0.1) is 0 Å². The van der Waals surface area contributed by atoms with Gasteiger partial charge in [0.05, 0.1) is 5.92 Å². The first-order valence-electron chi connectivity index (χ1n) is 7.12. The van der Waals surface area contributed by atoms with Gasteiger partial charge in [-0.2, -0.15) is 0 Å². The minimum atomic E-state index is 0.0835. The summed E-state index contributed by atoms with van der Waals surface area (Å²) in [6.45, 7) is 3.73. The molecule has 2 N–H and O–H groups in total. The number of carbonyl (C=O) groups is 1. The maximum atomic E-state index is 12.1. The number of amides is 1. The summed E-state index contributed by atoms with van der Waals surface area (Å²) in [6, 6.07) is 6.28. The van der Waals surface area contributed by atoms with Crippen LogP contribution in [0.25, 0.3) is 0 Å². The van der Waals surface area contributed by atoms with Crippen LogP contribution in [0.4, 0.5) is 0 Å². The average molecular weight is 276 g/mol. The molecule has 1 saturated heterocycles. The van der Waals surface area contributed by atoms with Crippen molar-refractivity contribution >= 4 is 5.91 Å². The zero-order chi connectivity index (χ0) is 13.9. The minimum Gasteiger partial charge on any atom is -0.454 e. The molecule has 1 fully saturated rings. The second kappa shape index (κ2) is 5.71. The van der Waals surface area contributed by atoms with E-state index in [-0.39, 0.29) is 18.6 Å². The lowest BCUT2D eigenvalue weighted by atomic mass is 9.95. The van der Waals surface area contributed by atoms with Gasteiger partial charge in [0.25, 0.3) is 0 Å². The highest BCUT2D eigenvalue weighted by Gasteiger charge is 2.23. The quantitative estimate of drug-likeness (QED) is 0.876. The van der Waals surface area contributed by atoms with E-state index < -0.39 is 0 Å². The van der Waals surface area contributed by atoms with Gasteiger partial charge in [-0.3, -0.25) is 4.79 Å². The lowest BCUT2D eigenvalue weighted by Gasteiger charge is -2.26. The van der Waals surface area contributed by atoms with E-state index in [0.29, 0.717) is 12.6 Å². The van der Waals surface area contributed by atoms with Crippen LogP contribution in [0.5, 0.6) is 11.5 Å². The number of fused-ring (bicyclic) bond motifs is 1. The average Bonchev–Trinajstić information content (AvgIpc) is 2.93. The summed E-state index contributed by atoms with van der Waals surface area (Å²) >= 11 is 0. The SMILES string of the molecule is CC1CCC(C(=O)NCc2ccc3c(c2)OCO3)CN1. The predicted molar refractivity (Wildman–Crippen MR) is 74.6 cm³/mol. The summed E-state index contributed by atoms with van der Waals surface area (Å²) in [5, 5.41) is 6.35. The van der Waals surface area contributed by atoms with Gasteiger partial charge in [0.15, 0.2) is 11.5 Å². The summed E-state index contributed by atoms with van der Waals surface area (Å²) in [4.78, 5) is 12.1. The first-order chi connectivity index (χ1) is 9.72. The number of benzene rings is 1. The Bertz CT molecular complexity index is 496. The maximum absolute atomic E-state index is 12.1. The van der Waals surface area contributed by atoms with Crippen molar-refractivity contribution in [3.63, 3.8) is 0 Å². The Hall–Kier alpha value is -1.75. The van der Waals surface area contributed by atoms with E-state index in [1.165, 1.54) is 0 Å². The maximum Gasteiger partial charge on any atom is 0.231 e. The molecule has 0 radical (unpaired) electrons. The van der Waals surface area contributed by atoms with Crippen LogP contribution in [0.3, 0.4) is 0 Å². The molecule has 2 aliphatic heterocycles. The molecule has 108 valence electrons. The van der Waals surface area contributed by atoms with Crippen LogP contribution in [0.1, 0.15) is 25.3 Å². The number of nitrogens with one attached hydrogen (secondary N) is 2. The van der Waals surface area contributed by atoms with Crippen molar-refractivity contribution in [2.24, 2.45) is 5.92 Å². The molecule has 0 aromatic heterocycles. The second-order valence-electron chi connectivity index (χ2n) is 5.49. The van der Waals surface area contributed by atoms with E-state index >= 15 is 0 Å². The fraction of sp³-hybridized carbons (Fsp3) is 0.533. The number of piperidine rings is 1. The van der Waals surface area contributed by atoms with Crippen LogP contribution in [0.2, 0.25) is 0 Å². The van der Waals surface area contributed by atoms with Gasteiger partial charge in [-0.1, -0.05) is 6.07 Å². The van der Waals surface area contributed by atoms with E-state index in [9.17, 15) is 4.79 Å². The summed E-state index contributed by atoms with van der Waals surface area (Å²) in [5.41, 5.74) is 1.03. The van der Waals surface area contributed by atoms with Gasteiger partial charge in [0.2, 0.25) is 12.7 Å². The Kier molecular flexibility index (Phi) is 3.78. The van der Waals surface area contributed by atoms with Gasteiger partial charge in [-0.25, -0.2) is 0 Å². The monoisotopic (exact) mass is 276 g/mol. The minimum absolute atomic E-state index is 0.0835. The largest absolute Gasteiger partial charge is 0.454 e. The highest BCUT2D eigenvalue weighted by atomic mass is 16.7. The zero-order valence-corrected chi connectivity index (χ0v) is 11.6. The highest BCUT2D eigenvalue weighted by molar-refractivity contribution is 5.79. The molecule has 0 spiro atoms.